The van der Waals surface area contributed by atoms with Crippen molar-refractivity contribution < 1.29 is 14.7 Å². The maximum atomic E-state index is 12.2. The van der Waals surface area contributed by atoms with Gasteiger partial charge >= 0.3 is 5.97 Å². The summed E-state index contributed by atoms with van der Waals surface area (Å²) in [4.78, 5) is 24.6. The van der Waals surface area contributed by atoms with Gasteiger partial charge in [-0.25, -0.2) is 0 Å². The molecule has 110 valence electrons. The molecule has 0 fully saturated rings. The Hall–Kier alpha value is -1.84. The zero-order valence-electron chi connectivity index (χ0n) is 12.6. The van der Waals surface area contributed by atoms with Crippen molar-refractivity contribution in [1.82, 2.24) is 4.90 Å². The highest BCUT2D eigenvalue weighted by Crippen LogP contribution is 2.27. The normalized spacial score (nSPS) is 12.8. The lowest BCUT2D eigenvalue weighted by molar-refractivity contribution is -0.142. The van der Waals surface area contributed by atoms with Crippen molar-refractivity contribution >= 4 is 11.9 Å². The number of carboxylic acid groups (broad SMARTS) is 1. The number of aliphatic carboxylic acids is 1. The Labute approximate surface area is 120 Å². The van der Waals surface area contributed by atoms with E-state index in [1.165, 1.54) is 4.90 Å². The SMILES string of the molecule is CC(CN(C)C(=O)CC(C)(C)c1ccccc1)C(=O)O. The Morgan fingerprint density at radius 1 is 1.25 bits per heavy atom. The Morgan fingerprint density at radius 3 is 2.30 bits per heavy atom. The van der Waals surface area contributed by atoms with E-state index in [1.807, 2.05) is 44.2 Å². The van der Waals surface area contributed by atoms with Gasteiger partial charge in [0.1, 0.15) is 0 Å². The topological polar surface area (TPSA) is 57.6 Å². The fourth-order valence-corrected chi connectivity index (χ4v) is 2.10. The third-order valence-corrected chi connectivity index (χ3v) is 3.54. The van der Waals surface area contributed by atoms with Crippen LogP contribution in [0.3, 0.4) is 0 Å². The summed E-state index contributed by atoms with van der Waals surface area (Å²) in [5.41, 5.74) is 0.840. The zero-order valence-corrected chi connectivity index (χ0v) is 12.6. The standard InChI is InChI=1S/C16H23NO3/c1-12(15(19)20)11-17(4)14(18)10-16(2,3)13-8-6-5-7-9-13/h5-9,12H,10-11H2,1-4H3,(H,19,20). The van der Waals surface area contributed by atoms with E-state index in [4.69, 9.17) is 5.11 Å². The number of hydrogen-bond acceptors (Lipinski definition) is 2. The first kappa shape index (κ1) is 16.2. The smallest absolute Gasteiger partial charge is 0.308 e. The van der Waals surface area contributed by atoms with E-state index in [0.29, 0.717) is 6.42 Å². The van der Waals surface area contributed by atoms with Crippen LogP contribution in [0.1, 0.15) is 32.8 Å². The lowest BCUT2D eigenvalue weighted by atomic mass is 9.81. The maximum Gasteiger partial charge on any atom is 0.308 e. The van der Waals surface area contributed by atoms with Crippen LogP contribution in [-0.2, 0) is 15.0 Å². The number of nitrogens with zero attached hydrogens (tertiary/aromatic N) is 1. The van der Waals surface area contributed by atoms with Gasteiger partial charge in [0, 0.05) is 20.0 Å². The summed E-state index contributed by atoms with van der Waals surface area (Å²) in [6, 6.07) is 9.87. The molecule has 4 heteroatoms. The number of rotatable bonds is 6. The zero-order chi connectivity index (χ0) is 15.3. The average molecular weight is 277 g/mol. The van der Waals surface area contributed by atoms with Crippen LogP contribution in [0.5, 0.6) is 0 Å². The summed E-state index contributed by atoms with van der Waals surface area (Å²) in [5, 5.41) is 8.89. The van der Waals surface area contributed by atoms with E-state index >= 15 is 0 Å². The highest BCUT2D eigenvalue weighted by molar-refractivity contribution is 5.78. The van der Waals surface area contributed by atoms with Crippen molar-refractivity contribution in [3.63, 3.8) is 0 Å². The quantitative estimate of drug-likeness (QED) is 0.869. The molecule has 1 atom stereocenters. The van der Waals surface area contributed by atoms with E-state index in [-0.39, 0.29) is 17.9 Å². The van der Waals surface area contributed by atoms with Crippen molar-refractivity contribution in [3.05, 3.63) is 35.9 Å². The molecule has 0 aliphatic rings. The summed E-state index contributed by atoms with van der Waals surface area (Å²) >= 11 is 0. The molecule has 1 amide bonds. The van der Waals surface area contributed by atoms with E-state index in [2.05, 4.69) is 0 Å². The molecule has 0 aliphatic carbocycles. The second-order valence-corrected chi connectivity index (χ2v) is 5.94. The number of carbonyl (C=O) groups excluding carboxylic acids is 1. The summed E-state index contributed by atoms with van der Waals surface area (Å²) in [7, 11) is 1.66. The van der Waals surface area contributed by atoms with E-state index < -0.39 is 11.9 Å². The van der Waals surface area contributed by atoms with Crippen molar-refractivity contribution in [3.8, 4) is 0 Å². The van der Waals surface area contributed by atoms with Gasteiger partial charge in [0.2, 0.25) is 5.91 Å². The molecule has 0 spiro atoms. The van der Waals surface area contributed by atoms with E-state index in [9.17, 15) is 9.59 Å². The van der Waals surface area contributed by atoms with Crippen LogP contribution in [0.4, 0.5) is 0 Å². The van der Waals surface area contributed by atoms with Crippen LogP contribution in [0, 0.1) is 5.92 Å². The van der Waals surface area contributed by atoms with Crippen molar-refractivity contribution in [2.75, 3.05) is 13.6 Å². The number of carbonyl (C=O) groups is 2. The number of benzene rings is 1. The van der Waals surface area contributed by atoms with E-state index in [1.54, 1.807) is 14.0 Å². The van der Waals surface area contributed by atoms with Crippen LogP contribution in [-0.4, -0.2) is 35.5 Å². The number of hydrogen-bond donors (Lipinski definition) is 1. The first-order valence-electron chi connectivity index (χ1n) is 6.76. The predicted molar refractivity (Wildman–Crippen MR) is 78.5 cm³/mol. The van der Waals surface area contributed by atoms with Crippen LogP contribution >= 0.6 is 0 Å². The second-order valence-electron chi connectivity index (χ2n) is 5.94. The van der Waals surface area contributed by atoms with Gasteiger partial charge in [0.05, 0.1) is 5.92 Å². The third-order valence-electron chi connectivity index (χ3n) is 3.54. The number of carboxylic acids is 1. The molecule has 1 N–H and O–H groups in total. The molecule has 1 unspecified atom stereocenters. The first-order valence-corrected chi connectivity index (χ1v) is 6.76. The van der Waals surface area contributed by atoms with Gasteiger partial charge < -0.3 is 10.0 Å². The second kappa shape index (κ2) is 6.55. The Kier molecular flexibility index (Phi) is 5.31. The van der Waals surface area contributed by atoms with E-state index in [0.717, 1.165) is 5.56 Å². The predicted octanol–water partition coefficient (Wildman–Crippen LogP) is 2.53. The molecule has 0 heterocycles. The summed E-state index contributed by atoms with van der Waals surface area (Å²) < 4.78 is 0. The molecule has 0 bridgehead atoms. The molecule has 20 heavy (non-hydrogen) atoms. The molecule has 0 saturated carbocycles. The minimum atomic E-state index is -0.882. The summed E-state index contributed by atoms with van der Waals surface area (Å²) in [5.74, 6) is -1.47. The molecule has 1 aromatic rings. The minimum Gasteiger partial charge on any atom is -0.481 e. The molecule has 1 aromatic carbocycles. The highest BCUT2D eigenvalue weighted by Gasteiger charge is 2.26. The maximum absolute atomic E-state index is 12.2. The molecule has 0 saturated heterocycles. The Morgan fingerprint density at radius 2 is 1.80 bits per heavy atom. The van der Waals surface area contributed by atoms with Crippen LogP contribution in [0.15, 0.2) is 30.3 Å². The largest absolute Gasteiger partial charge is 0.481 e. The van der Waals surface area contributed by atoms with Gasteiger partial charge in [-0.05, 0) is 11.0 Å². The monoisotopic (exact) mass is 277 g/mol. The Bertz CT molecular complexity index is 468. The summed E-state index contributed by atoms with van der Waals surface area (Å²) in [6.45, 7) is 5.89. The van der Waals surface area contributed by atoms with Crippen LogP contribution < -0.4 is 0 Å². The van der Waals surface area contributed by atoms with Crippen molar-refractivity contribution in [1.29, 1.82) is 0 Å². The van der Waals surface area contributed by atoms with Crippen LogP contribution in [0.2, 0.25) is 0 Å². The molecular formula is C16H23NO3. The molecule has 0 aromatic heterocycles. The third kappa shape index (κ3) is 4.37. The van der Waals surface area contributed by atoms with Crippen molar-refractivity contribution in [2.45, 2.75) is 32.6 Å². The van der Waals surface area contributed by atoms with Crippen molar-refractivity contribution in [2.24, 2.45) is 5.92 Å². The lowest BCUT2D eigenvalue weighted by Gasteiger charge is -2.28. The van der Waals surface area contributed by atoms with Gasteiger partial charge in [-0.3, -0.25) is 9.59 Å². The fourth-order valence-electron chi connectivity index (χ4n) is 2.10. The minimum absolute atomic E-state index is 0.0352. The molecule has 0 radical (unpaired) electrons. The first-order chi connectivity index (χ1) is 9.24. The highest BCUT2D eigenvalue weighted by atomic mass is 16.4. The lowest BCUT2D eigenvalue weighted by Crippen LogP contribution is -2.37. The van der Waals surface area contributed by atoms with Gasteiger partial charge in [0.25, 0.3) is 0 Å². The molecule has 1 rings (SSSR count). The molecule has 4 nitrogen and oxygen atoms in total. The van der Waals surface area contributed by atoms with Gasteiger partial charge in [-0.1, -0.05) is 51.1 Å². The average Bonchev–Trinajstić information content (AvgIpc) is 2.39. The fraction of sp³-hybridized carbons (Fsp3) is 0.500. The molecule has 0 aliphatic heterocycles. The van der Waals surface area contributed by atoms with Crippen LogP contribution in [0.25, 0.3) is 0 Å². The van der Waals surface area contributed by atoms with Gasteiger partial charge in [0.15, 0.2) is 0 Å². The Balaban J connectivity index is 2.67. The summed E-state index contributed by atoms with van der Waals surface area (Å²) in [6.07, 6.45) is 0.361. The van der Waals surface area contributed by atoms with Gasteiger partial charge in [-0.15, -0.1) is 0 Å². The number of amides is 1. The molecular weight excluding hydrogens is 254 g/mol. The van der Waals surface area contributed by atoms with Gasteiger partial charge in [-0.2, -0.15) is 0 Å².